The van der Waals surface area contributed by atoms with E-state index in [1.54, 1.807) is 24.3 Å². The molecule has 2 atom stereocenters. The Morgan fingerprint density at radius 1 is 1.28 bits per heavy atom. The van der Waals surface area contributed by atoms with Crippen LogP contribution in [0.25, 0.3) is 0 Å². The highest BCUT2D eigenvalue weighted by Crippen LogP contribution is 2.41. The van der Waals surface area contributed by atoms with Crippen molar-refractivity contribution in [1.82, 2.24) is 0 Å². The molecule has 0 spiro atoms. The fraction of sp³-hybridized carbons (Fsp3) is 0.100. The number of azo groups is 1. The Kier molecular flexibility index (Phi) is 5.65. The molecule has 4 rings (SSSR count). The van der Waals surface area contributed by atoms with Crippen LogP contribution in [0, 0.1) is 15.9 Å². The molecule has 2 unspecified atom stereocenters. The van der Waals surface area contributed by atoms with Crippen molar-refractivity contribution >= 4 is 35.4 Å². The number of ether oxygens (including phenoxy) is 1. The predicted octanol–water partition coefficient (Wildman–Crippen LogP) is 5.48. The minimum atomic E-state index is -1.42. The van der Waals surface area contributed by atoms with E-state index in [2.05, 4.69) is 15.2 Å². The van der Waals surface area contributed by atoms with E-state index in [9.17, 15) is 24.4 Å². The Balaban J connectivity index is 1.67. The lowest BCUT2D eigenvalue weighted by atomic mass is 9.97. The van der Waals surface area contributed by atoms with Gasteiger partial charge in [-0.05, 0) is 36.4 Å². The van der Waals surface area contributed by atoms with Gasteiger partial charge in [0.25, 0.3) is 0 Å². The second kappa shape index (κ2) is 8.55. The van der Waals surface area contributed by atoms with Crippen molar-refractivity contribution in [2.24, 2.45) is 15.2 Å². The largest absolute Gasteiger partial charge is 0.480 e. The van der Waals surface area contributed by atoms with E-state index in [4.69, 9.17) is 20.8 Å². The van der Waals surface area contributed by atoms with Gasteiger partial charge < -0.3 is 14.3 Å². The van der Waals surface area contributed by atoms with E-state index in [0.717, 1.165) is 18.3 Å². The van der Waals surface area contributed by atoms with Crippen molar-refractivity contribution in [2.75, 3.05) is 0 Å². The molecular weight excluding hydrogens is 447 g/mol. The molecule has 162 valence electrons. The molecule has 0 radical (unpaired) electrons. The molecule has 1 aliphatic heterocycles. The van der Waals surface area contributed by atoms with E-state index in [-0.39, 0.29) is 22.8 Å². The molecule has 3 aromatic rings. The number of rotatable bonds is 6. The number of benzene rings is 2. The fourth-order valence-corrected chi connectivity index (χ4v) is 3.08. The second-order valence-electron chi connectivity index (χ2n) is 6.55. The zero-order valence-electron chi connectivity index (χ0n) is 15.9. The van der Waals surface area contributed by atoms with Gasteiger partial charge in [-0.2, -0.15) is 10.2 Å². The first-order valence-corrected chi connectivity index (χ1v) is 9.37. The van der Waals surface area contributed by atoms with Crippen LogP contribution >= 0.6 is 11.6 Å². The number of fused-ring (bicyclic) bond motifs is 1. The number of carboxylic acids is 1. The first-order valence-electron chi connectivity index (χ1n) is 9.00. The molecule has 0 fully saturated rings. The molecule has 2 heterocycles. The minimum Gasteiger partial charge on any atom is -0.480 e. The Morgan fingerprint density at radius 3 is 2.69 bits per heavy atom. The Morgan fingerprint density at radius 2 is 2.03 bits per heavy atom. The maximum Gasteiger partial charge on any atom is 0.433 e. The molecule has 1 aliphatic rings. The summed E-state index contributed by atoms with van der Waals surface area (Å²) >= 11 is 5.83. The molecule has 12 heteroatoms. The highest BCUT2D eigenvalue weighted by Gasteiger charge is 2.35. The molecule has 0 amide bonds. The van der Waals surface area contributed by atoms with Crippen LogP contribution in [0.15, 0.2) is 68.2 Å². The van der Waals surface area contributed by atoms with Crippen LogP contribution in [0.2, 0.25) is 5.02 Å². The Hall–Kier alpha value is -4.12. The standard InChI is InChI=1S/C20H12ClFN4O6/c21-10-1-3-11(4-2-10)31-16-8-15-13(7-14(16)22)18(19(20(27)28)25-24-15)23-9-12-5-6-17(32-12)26(29)30/h1-9,18-19H,(H,27,28). The lowest BCUT2D eigenvalue weighted by Crippen LogP contribution is -2.27. The number of halogens is 2. The van der Waals surface area contributed by atoms with Gasteiger partial charge >= 0.3 is 11.9 Å². The molecule has 0 aliphatic carbocycles. The van der Waals surface area contributed by atoms with Crippen LogP contribution in [0.4, 0.5) is 16.0 Å². The highest BCUT2D eigenvalue weighted by molar-refractivity contribution is 6.30. The van der Waals surface area contributed by atoms with Gasteiger partial charge in [-0.3, -0.25) is 15.1 Å². The number of nitro groups is 1. The number of aliphatic carboxylic acids is 1. The van der Waals surface area contributed by atoms with E-state index in [0.29, 0.717) is 10.8 Å². The second-order valence-corrected chi connectivity index (χ2v) is 6.99. The minimum absolute atomic E-state index is 0.0214. The first-order chi connectivity index (χ1) is 15.3. The number of carboxylic acid groups (broad SMARTS) is 1. The lowest BCUT2D eigenvalue weighted by molar-refractivity contribution is -0.402. The van der Waals surface area contributed by atoms with Crippen LogP contribution in [-0.4, -0.2) is 28.3 Å². The fourth-order valence-electron chi connectivity index (χ4n) is 2.96. The first kappa shape index (κ1) is 21.1. The number of hydrogen-bond acceptors (Lipinski definition) is 8. The maximum atomic E-state index is 14.8. The molecule has 0 saturated carbocycles. The number of aliphatic imine (C=N–C) groups is 1. The summed E-state index contributed by atoms with van der Waals surface area (Å²) in [6.45, 7) is 0. The average Bonchev–Trinajstić information content (AvgIpc) is 3.23. The smallest absolute Gasteiger partial charge is 0.433 e. The van der Waals surface area contributed by atoms with Crippen LogP contribution in [0.3, 0.4) is 0 Å². The van der Waals surface area contributed by atoms with Crippen LogP contribution in [0.1, 0.15) is 17.4 Å². The summed E-state index contributed by atoms with van der Waals surface area (Å²) in [6, 6.07) is 8.47. The van der Waals surface area contributed by atoms with Gasteiger partial charge in [-0.15, -0.1) is 0 Å². The molecule has 1 N–H and O–H groups in total. The number of carbonyl (C=O) groups is 1. The highest BCUT2D eigenvalue weighted by atomic mass is 35.5. The van der Waals surface area contributed by atoms with Crippen LogP contribution in [-0.2, 0) is 4.79 Å². The summed E-state index contributed by atoms with van der Waals surface area (Å²) in [5.41, 5.74) is 0.325. The Labute approximate surface area is 183 Å². The van der Waals surface area contributed by atoms with Crippen LogP contribution < -0.4 is 4.74 Å². The van der Waals surface area contributed by atoms with Gasteiger partial charge in [0.1, 0.15) is 16.7 Å². The number of hydrogen-bond donors (Lipinski definition) is 1. The van der Waals surface area contributed by atoms with Crippen molar-refractivity contribution in [2.45, 2.75) is 12.1 Å². The molecular formula is C20H12ClFN4O6. The molecule has 1 aromatic heterocycles. The summed E-state index contributed by atoms with van der Waals surface area (Å²) in [5.74, 6) is -2.39. The normalized spacial score (nSPS) is 17.3. The maximum absolute atomic E-state index is 14.8. The monoisotopic (exact) mass is 458 g/mol. The molecule has 32 heavy (non-hydrogen) atoms. The van der Waals surface area contributed by atoms with Crippen molar-refractivity contribution in [3.8, 4) is 11.5 Å². The summed E-state index contributed by atoms with van der Waals surface area (Å²) < 4.78 is 25.3. The third-order valence-electron chi connectivity index (χ3n) is 4.44. The van der Waals surface area contributed by atoms with E-state index in [1.807, 2.05) is 0 Å². The summed E-state index contributed by atoms with van der Waals surface area (Å²) in [5, 5.41) is 28.3. The summed E-state index contributed by atoms with van der Waals surface area (Å²) in [4.78, 5) is 25.8. The van der Waals surface area contributed by atoms with E-state index >= 15 is 0 Å². The topological polar surface area (TPSA) is 140 Å². The predicted molar refractivity (Wildman–Crippen MR) is 110 cm³/mol. The van der Waals surface area contributed by atoms with Gasteiger partial charge in [0.15, 0.2) is 23.4 Å². The van der Waals surface area contributed by atoms with E-state index in [1.165, 1.54) is 12.1 Å². The number of nitrogens with zero attached hydrogens (tertiary/aromatic N) is 4. The van der Waals surface area contributed by atoms with Gasteiger partial charge in [0.2, 0.25) is 0 Å². The van der Waals surface area contributed by atoms with Crippen LogP contribution in [0.5, 0.6) is 11.5 Å². The lowest BCUT2D eigenvalue weighted by Gasteiger charge is -2.22. The third kappa shape index (κ3) is 4.32. The van der Waals surface area contributed by atoms with E-state index < -0.39 is 34.7 Å². The molecule has 10 nitrogen and oxygen atoms in total. The molecule has 0 bridgehead atoms. The zero-order chi connectivity index (χ0) is 22.8. The van der Waals surface area contributed by atoms with Gasteiger partial charge in [-0.1, -0.05) is 11.6 Å². The summed E-state index contributed by atoms with van der Waals surface area (Å²) in [6.07, 6.45) is 1.12. The van der Waals surface area contributed by atoms with Crippen molar-refractivity contribution in [1.29, 1.82) is 0 Å². The number of furan rings is 1. The van der Waals surface area contributed by atoms with Crippen molar-refractivity contribution in [3.63, 3.8) is 0 Å². The summed E-state index contributed by atoms with van der Waals surface area (Å²) in [7, 11) is 0. The Bertz CT molecular complexity index is 1260. The van der Waals surface area contributed by atoms with Crippen molar-refractivity contribution in [3.05, 3.63) is 80.8 Å². The van der Waals surface area contributed by atoms with Gasteiger partial charge in [0.05, 0.1) is 18.0 Å². The average molecular weight is 459 g/mol. The van der Waals surface area contributed by atoms with Gasteiger partial charge in [0, 0.05) is 16.7 Å². The third-order valence-corrected chi connectivity index (χ3v) is 4.69. The SMILES string of the molecule is O=C(O)C1N=Nc2cc(Oc3ccc(Cl)cc3)c(F)cc2C1N=Cc1ccc([N+](=O)[O-])o1. The quantitative estimate of drug-likeness (QED) is 0.294. The molecule has 2 aromatic carbocycles. The zero-order valence-corrected chi connectivity index (χ0v) is 16.6. The van der Waals surface area contributed by atoms with Crippen molar-refractivity contribution < 1.29 is 28.4 Å². The van der Waals surface area contributed by atoms with Gasteiger partial charge in [-0.25, -0.2) is 9.18 Å². The molecule has 0 saturated heterocycles.